The van der Waals surface area contributed by atoms with E-state index in [4.69, 9.17) is 22.1 Å². The maximum Gasteiger partial charge on any atom is 0.308 e. The van der Waals surface area contributed by atoms with Crippen molar-refractivity contribution >= 4 is 29.3 Å². The summed E-state index contributed by atoms with van der Waals surface area (Å²) in [6.45, 7) is 1.96. The summed E-state index contributed by atoms with van der Waals surface area (Å²) in [5.74, 6) is 0.921. The van der Waals surface area contributed by atoms with Crippen LogP contribution < -0.4 is 10.5 Å². The molecule has 15 heavy (non-hydrogen) atoms. The average Bonchev–Trinajstić information content (AvgIpc) is 2.15. The Morgan fingerprint density at radius 2 is 2.33 bits per heavy atom. The van der Waals surface area contributed by atoms with Crippen LogP contribution in [0.25, 0.3) is 0 Å². The second-order valence-corrected chi connectivity index (χ2v) is 4.37. The number of ether oxygens (including phenoxy) is 1. The summed E-state index contributed by atoms with van der Waals surface area (Å²) >= 11 is 7.57. The van der Waals surface area contributed by atoms with Crippen molar-refractivity contribution in [3.05, 3.63) is 23.2 Å². The van der Waals surface area contributed by atoms with Gasteiger partial charge in [-0.15, -0.1) is 11.8 Å². The Labute approximate surface area is 97.9 Å². The van der Waals surface area contributed by atoms with E-state index < -0.39 is 0 Å². The normalized spacial score (nSPS) is 10.1. The largest absolute Gasteiger partial charge is 0.427 e. The molecular formula is C10H12ClNO2S. The van der Waals surface area contributed by atoms with Gasteiger partial charge in [-0.1, -0.05) is 11.6 Å². The molecule has 0 saturated heterocycles. The van der Waals surface area contributed by atoms with Gasteiger partial charge in [-0.05, 0) is 12.1 Å². The van der Waals surface area contributed by atoms with E-state index in [9.17, 15) is 4.79 Å². The third-order valence-corrected chi connectivity index (χ3v) is 3.07. The first kappa shape index (κ1) is 12.4. The molecule has 3 nitrogen and oxygen atoms in total. The smallest absolute Gasteiger partial charge is 0.308 e. The van der Waals surface area contributed by atoms with Crippen LogP contribution in [0.1, 0.15) is 6.92 Å². The van der Waals surface area contributed by atoms with Crippen LogP contribution in [0.3, 0.4) is 0 Å². The number of carbonyl (C=O) groups excluding carboxylic acids is 1. The summed E-state index contributed by atoms with van der Waals surface area (Å²) in [6.07, 6.45) is 0. The zero-order valence-corrected chi connectivity index (χ0v) is 9.90. The van der Waals surface area contributed by atoms with E-state index in [0.717, 1.165) is 10.6 Å². The topological polar surface area (TPSA) is 52.3 Å². The highest BCUT2D eigenvalue weighted by molar-refractivity contribution is 7.99. The molecule has 0 atom stereocenters. The van der Waals surface area contributed by atoms with E-state index in [1.807, 2.05) is 6.07 Å². The Morgan fingerprint density at radius 3 is 2.87 bits per heavy atom. The summed E-state index contributed by atoms with van der Waals surface area (Å²) in [5, 5.41) is 0.576. The molecule has 5 heteroatoms. The quantitative estimate of drug-likeness (QED) is 0.503. The zero-order valence-electron chi connectivity index (χ0n) is 8.33. The van der Waals surface area contributed by atoms with E-state index in [1.54, 1.807) is 23.9 Å². The van der Waals surface area contributed by atoms with Crippen LogP contribution in [0, 0.1) is 0 Å². The Morgan fingerprint density at radius 1 is 1.60 bits per heavy atom. The summed E-state index contributed by atoms with van der Waals surface area (Å²) < 4.78 is 4.90. The molecule has 0 aliphatic rings. The van der Waals surface area contributed by atoms with Gasteiger partial charge in [0, 0.05) is 30.2 Å². The van der Waals surface area contributed by atoms with Crippen molar-refractivity contribution in [3.8, 4) is 5.75 Å². The van der Waals surface area contributed by atoms with Gasteiger partial charge in [0.15, 0.2) is 0 Å². The lowest BCUT2D eigenvalue weighted by atomic mass is 10.3. The minimum absolute atomic E-state index is 0.353. The monoisotopic (exact) mass is 245 g/mol. The summed E-state index contributed by atoms with van der Waals surface area (Å²) in [4.78, 5) is 11.6. The maximum absolute atomic E-state index is 10.7. The Bertz CT molecular complexity index is 357. The van der Waals surface area contributed by atoms with Crippen molar-refractivity contribution in [3.63, 3.8) is 0 Å². The molecule has 0 amide bonds. The van der Waals surface area contributed by atoms with Crippen LogP contribution in [0.5, 0.6) is 5.75 Å². The Hall–Kier alpha value is -0.710. The van der Waals surface area contributed by atoms with Crippen LogP contribution in [0.2, 0.25) is 5.02 Å². The van der Waals surface area contributed by atoms with Crippen LogP contribution in [-0.2, 0) is 4.79 Å². The molecule has 0 aliphatic heterocycles. The molecule has 1 aromatic rings. The molecule has 0 saturated carbocycles. The Kier molecular flexibility index (Phi) is 4.94. The van der Waals surface area contributed by atoms with Gasteiger partial charge in [0.25, 0.3) is 0 Å². The van der Waals surface area contributed by atoms with Gasteiger partial charge in [0.2, 0.25) is 0 Å². The van der Waals surface area contributed by atoms with E-state index in [0.29, 0.717) is 17.3 Å². The lowest BCUT2D eigenvalue weighted by Crippen LogP contribution is -2.02. The highest BCUT2D eigenvalue weighted by Gasteiger charge is 2.04. The first-order valence-electron chi connectivity index (χ1n) is 4.44. The highest BCUT2D eigenvalue weighted by atomic mass is 35.5. The molecular weight excluding hydrogens is 234 g/mol. The van der Waals surface area contributed by atoms with Crippen LogP contribution >= 0.6 is 23.4 Å². The second kappa shape index (κ2) is 6.00. The number of halogens is 1. The number of rotatable bonds is 4. The molecule has 0 heterocycles. The van der Waals surface area contributed by atoms with Crippen LogP contribution in [-0.4, -0.2) is 18.3 Å². The van der Waals surface area contributed by atoms with Crippen LogP contribution in [0.15, 0.2) is 23.1 Å². The van der Waals surface area contributed by atoms with Crippen molar-refractivity contribution in [1.82, 2.24) is 0 Å². The fourth-order valence-corrected chi connectivity index (χ4v) is 2.03. The molecule has 0 aliphatic carbocycles. The molecule has 0 fully saturated rings. The molecule has 0 unspecified atom stereocenters. The minimum Gasteiger partial charge on any atom is -0.427 e. The average molecular weight is 246 g/mol. The number of carbonyl (C=O) groups is 1. The van der Waals surface area contributed by atoms with Gasteiger partial charge in [-0.2, -0.15) is 0 Å². The zero-order chi connectivity index (χ0) is 11.3. The maximum atomic E-state index is 10.7. The molecule has 1 rings (SSSR count). The third kappa shape index (κ3) is 4.11. The van der Waals surface area contributed by atoms with Gasteiger partial charge in [0.1, 0.15) is 5.75 Å². The standard InChI is InChI=1S/C10H12ClNO2S/c1-7(13)14-8-2-3-10(9(11)6-8)15-5-4-12/h2-3,6H,4-5,12H2,1H3. The molecule has 82 valence electrons. The molecule has 0 spiro atoms. The molecule has 1 aromatic carbocycles. The van der Waals surface area contributed by atoms with E-state index >= 15 is 0 Å². The summed E-state index contributed by atoms with van der Waals surface area (Å²) in [7, 11) is 0. The predicted molar refractivity (Wildman–Crippen MR) is 62.5 cm³/mol. The first-order valence-corrected chi connectivity index (χ1v) is 5.80. The van der Waals surface area contributed by atoms with Crippen molar-refractivity contribution in [2.45, 2.75) is 11.8 Å². The predicted octanol–water partition coefficient (Wildman–Crippen LogP) is 2.32. The summed E-state index contributed by atoms with van der Waals surface area (Å²) in [5.41, 5.74) is 5.39. The lowest BCUT2D eigenvalue weighted by molar-refractivity contribution is -0.131. The van der Waals surface area contributed by atoms with Gasteiger partial charge in [0.05, 0.1) is 5.02 Å². The fourth-order valence-electron chi connectivity index (χ4n) is 0.997. The molecule has 0 bridgehead atoms. The van der Waals surface area contributed by atoms with E-state index in [1.165, 1.54) is 6.92 Å². The molecule has 2 N–H and O–H groups in total. The Balaban J connectivity index is 2.74. The van der Waals surface area contributed by atoms with Crippen LogP contribution in [0.4, 0.5) is 0 Å². The van der Waals surface area contributed by atoms with Crippen molar-refractivity contribution in [1.29, 1.82) is 0 Å². The number of nitrogens with two attached hydrogens (primary N) is 1. The van der Waals surface area contributed by atoms with E-state index in [-0.39, 0.29) is 5.97 Å². The fraction of sp³-hybridized carbons (Fsp3) is 0.300. The first-order chi connectivity index (χ1) is 7.13. The minimum atomic E-state index is -0.353. The van der Waals surface area contributed by atoms with Gasteiger partial charge in [-0.3, -0.25) is 4.79 Å². The number of hydrogen-bond acceptors (Lipinski definition) is 4. The van der Waals surface area contributed by atoms with Crippen molar-refractivity contribution in [2.75, 3.05) is 12.3 Å². The molecule has 0 radical (unpaired) electrons. The summed E-state index contributed by atoms with van der Waals surface area (Å²) in [6, 6.07) is 5.16. The highest BCUT2D eigenvalue weighted by Crippen LogP contribution is 2.30. The molecule has 0 aromatic heterocycles. The number of esters is 1. The number of hydrogen-bond donors (Lipinski definition) is 1. The third-order valence-electron chi connectivity index (χ3n) is 1.54. The van der Waals surface area contributed by atoms with Crippen molar-refractivity contribution in [2.24, 2.45) is 5.73 Å². The SMILES string of the molecule is CC(=O)Oc1ccc(SCCN)c(Cl)c1. The number of benzene rings is 1. The lowest BCUT2D eigenvalue weighted by Gasteiger charge is -2.05. The van der Waals surface area contributed by atoms with Gasteiger partial charge < -0.3 is 10.5 Å². The van der Waals surface area contributed by atoms with Gasteiger partial charge in [-0.25, -0.2) is 0 Å². The van der Waals surface area contributed by atoms with E-state index in [2.05, 4.69) is 0 Å². The second-order valence-electron chi connectivity index (χ2n) is 2.82. The number of thioether (sulfide) groups is 1. The van der Waals surface area contributed by atoms with Crippen molar-refractivity contribution < 1.29 is 9.53 Å². The van der Waals surface area contributed by atoms with Gasteiger partial charge >= 0.3 is 5.97 Å².